The predicted molar refractivity (Wildman–Crippen MR) is 58.4 cm³/mol. The summed E-state index contributed by atoms with van der Waals surface area (Å²) in [7, 11) is 3.74. The molecule has 0 fully saturated rings. The van der Waals surface area contributed by atoms with Gasteiger partial charge in [-0.25, -0.2) is 0 Å². The van der Waals surface area contributed by atoms with Crippen molar-refractivity contribution in [2.24, 2.45) is 10.1 Å². The summed E-state index contributed by atoms with van der Waals surface area (Å²) in [5, 5.41) is 11.2. The van der Waals surface area contributed by atoms with Crippen molar-refractivity contribution in [1.82, 2.24) is 4.90 Å². The van der Waals surface area contributed by atoms with E-state index in [1.807, 2.05) is 19.0 Å². The number of rotatable bonds is 4. The fraction of sp³-hybridized carbons (Fsp3) is 0.750. The smallest absolute Gasteiger partial charge is 0.145 e. The van der Waals surface area contributed by atoms with Crippen LogP contribution in [0.4, 0.5) is 0 Å². The summed E-state index contributed by atoms with van der Waals surface area (Å²) in [6.45, 7) is 2.90. The SMILES string of the molecule is CCCCN=C(/C=N/O)N(C)C.Cl. The van der Waals surface area contributed by atoms with Gasteiger partial charge in [-0.2, -0.15) is 0 Å². The van der Waals surface area contributed by atoms with E-state index in [4.69, 9.17) is 5.21 Å². The Morgan fingerprint density at radius 1 is 1.46 bits per heavy atom. The molecule has 0 aliphatic carbocycles. The molecule has 0 aromatic carbocycles. The van der Waals surface area contributed by atoms with Crippen molar-refractivity contribution in [2.75, 3.05) is 20.6 Å². The highest BCUT2D eigenvalue weighted by atomic mass is 35.5. The number of amidine groups is 1. The molecule has 4 nitrogen and oxygen atoms in total. The van der Waals surface area contributed by atoms with E-state index in [1.165, 1.54) is 6.21 Å². The van der Waals surface area contributed by atoms with Gasteiger partial charge < -0.3 is 10.1 Å². The lowest BCUT2D eigenvalue weighted by Gasteiger charge is -2.10. The second kappa shape index (κ2) is 9.32. The Hall–Kier alpha value is -0.770. The summed E-state index contributed by atoms with van der Waals surface area (Å²) in [6.07, 6.45) is 3.53. The molecule has 0 rings (SSSR count). The number of nitrogens with zero attached hydrogens (tertiary/aromatic N) is 3. The first kappa shape index (κ1) is 14.7. The third-order valence-corrected chi connectivity index (χ3v) is 1.42. The minimum atomic E-state index is 0. The van der Waals surface area contributed by atoms with Crippen LogP contribution in [0, 0.1) is 0 Å². The lowest BCUT2D eigenvalue weighted by atomic mass is 10.3. The van der Waals surface area contributed by atoms with E-state index in [9.17, 15) is 0 Å². The van der Waals surface area contributed by atoms with Gasteiger partial charge >= 0.3 is 0 Å². The standard InChI is InChI=1S/C8H17N3O.ClH/c1-4-5-6-9-8(7-10-12)11(2)3;/h7,12H,4-6H2,1-3H3;1H/b9-8?,10-7+;. The molecule has 0 saturated heterocycles. The molecular formula is C8H18ClN3O. The van der Waals surface area contributed by atoms with Crippen molar-refractivity contribution in [3.05, 3.63) is 0 Å². The molecule has 13 heavy (non-hydrogen) atoms. The zero-order valence-corrected chi connectivity index (χ0v) is 9.21. The first-order valence-corrected chi connectivity index (χ1v) is 4.11. The normalized spacial score (nSPS) is 11.5. The molecule has 0 radical (unpaired) electrons. The van der Waals surface area contributed by atoms with Crippen LogP contribution in [-0.4, -0.2) is 42.8 Å². The van der Waals surface area contributed by atoms with Crippen LogP contribution in [0.3, 0.4) is 0 Å². The van der Waals surface area contributed by atoms with Crippen LogP contribution >= 0.6 is 12.4 Å². The quantitative estimate of drug-likeness (QED) is 0.251. The summed E-state index contributed by atoms with van der Waals surface area (Å²) in [4.78, 5) is 6.05. The van der Waals surface area contributed by atoms with Crippen molar-refractivity contribution in [2.45, 2.75) is 19.8 Å². The van der Waals surface area contributed by atoms with Crippen LogP contribution in [0.25, 0.3) is 0 Å². The molecule has 0 heterocycles. The summed E-state index contributed by atoms with van der Waals surface area (Å²) in [5.41, 5.74) is 0. The molecule has 0 amide bonds. The Morgan fingerprint density at radius 2 is 2.08 bits per heavy atom. The molecule has 78 valence electrons. The summed E-state index contributed by atoms with van der Waals surface area (Å²) in [5.74, 6) is 0.700. The van der Waals surface area contributed by atoms with Crippen LogP contribution in [0.5, 0.6) is 0 Å². The van der Waals surface area contributed by atoms with E-state index in [1.54, 1.807) is 0 Å². The van der Waals surface area contributed by atoms with Crippen LogP contribution < -0.4 is 0 Å². The van der Waals surface area contributed by atoms with Gasteiger partial charge in [0.25, 0.3) is 0 Å². The molecule has 0 aliphatic heterocycles. The molecule has 0 spiro atoms. The topological polar surface area (TPSA) is 48.2 Å². The number of hydrogen-bond donors (Lipinski definition) is 1. The zero-order chi connectivity index (χ0) is 9.40. The second-order valence-corrected chi connectivity index (χ2v) is 2.73. The molecular weight excluding hydrogens is 190 g/mol. The fourth-order valence-electron chi connectivity index (χ4n) is 0.701. The number of hydrogen-bond acceptors (Lipinski definition) is 3. The molecule has 1 N–H and O–H groups in total. The number of aliphatic imine (C=N–C) groups is 1. The summed E-state index contributed by atoms with van der Waals surface area (Å²) in [6, 6.07) is 0. The largest absolute Gasteiger partial charge is 0.411 e. The van der Waals surface area contributed by atoms with Crippen LogP contribution in [0.2, 0.25) is 0 Å². The molecule has 0 aliphatic rings. The van der Waals surface area contributed by atoms with Crippen molar-refractivity contribution >= 4 is 24.5 Å². The van der Waals surface area contributed by atoms with Gasteiger partial charge in [-0.1, -0.05) is 18.5 Å². The fourth-order valence-corrected chi connectivity index (χ4v) is 0.701. The van der Waals surface area contributed by atoms with E-state index in [2.05, 4.69) is 17.1 Å². The maximum atomic E-state index is 8.30. The highest BCUT2D eigenvalue weighted by Crippen LogP contribution is 1.89. The van der Waals surface area contributed by atoms with Crippen molar-refractivity contribution in [3.8, 4) is 0 Å². The van der Waals surface area contributed by atoms with Gasteiger partial charge in [0, 0.05) is 20.6 Å². The lowest BCUT2D eigenvalue weighted by molar-refractivity contribution is 0.322. The highest BCUT2D eigenvalue weighted by Gasteiger charge is 1.96. The average Bonchev–Trinajstić information content (AvgIpc) is 2.03. The van der Waals surface area contributed by atoms with E-state index < -0.39 is 0 Å². The van der Waals surface area contributed by atoms with E-state index in [0.29, 0.717) is 5.84 Å². The first-order chi connectivity index (χ1) is 5.72. The second-order valence-electron chi connectivity index (χ2n) is 2.73. The van der Waals surface area contributed by atoms with Crippen LogP contribution in [0.1, 0.15) is 19.8 Å². The Bertz CT molecular complexity index is 169. The molecule has 0 aromatic heterocycles. The van der Waals surface area contributed by atoms with Gasteiger partial charge in [0.05, 0.1) is 0 Å². The summed E-state index contributed by atoms with van der Waals surface area (Å²) < 4.78 is 0. The third-order valence-electron chi connectivity index (χ3n) is 1.42. The molecule has 0 aromatic rings. The van der Waals surface area contributed by atoms with Crippen molar-refractivity contribution in [3.63, 3.8) is 0 Å². The third kappa shape index (κ3) is 7.59. The van der Waals surface area contributed by atoms with Crippen molar-refractivity contribution < 1.29 is 5.21 Å². The van der Waals surface area contributed by atoms with E-state index in [-0.39, 0.29) is 12.4 Å². The maximum absolute atomic E-state index is 8.30. The Balaban J connectivity index is 0. The first-order valence-electron chi connectivity index (χ1n) is 4.11. The number of halogens is 1. The average molecular weight is 208 g/mol. The van der Waals surface area contributed by atoms with Gasteiger partial charge in [0.15, 0.2) is 0 Å². The van der Waals surface area contributed by atoms with Crippen molar-refractivity contribution in [1.29, 1.82) is 0 Å². The molecule has 0 unspecified atom stereocenters. The van der Waals surface area contributed by atoms with Gasteiger partial charge in [0.2, 0.25) is 0 Å². The lowest BCUT2D eigenvalue weighted by Crippen LogP contribution is -2.23. The minimum absolute atomic E-state index is 0. The Morgan fingerprint density at radius 3 is 2.46 bits per heavy atom. The molecule has 0 atom stereocenters. The van der Waals surface area contributed by atoms with Crippen LogP contribution in [-0.2, 0) is 0 Å². The monoisotopic (exact) mass is 207 g/mol. The number of oxime groups is 1. The van der Waals surface area contributed by atoms with Gasteiger partial charge in [0.1, 0.15) is 12.1 Å². The highest BCUT2D eigenvalue weighted by molar-refractivity contribution is 6.28. The molecule has 0 bridgehead atoms. The predicted octanol–water partition coefficient (Wildman–Crippen LogP) is 1.63. The Labute approximate surface area is 85.7 Å². The minimum Gasteiger partial charge on any atom is -0.411 e. The Kier molecular flexibility index (Phi) is 10.6. The maximum Gasteiger partial charge on any atom is 0.145 e. The van der Waals surface area contributed by atoms with E-state index in [0.717, 1.165) is 19.4 Å². The van der Waals surface area contributed by atoms with Crippen LogP contribution in [0.15, 0.2) is 10.1 Å². The van der Waals surface area contributed by atoms with E-state index >= 15 is 0 Å². The molecule has 0 saturated carbocycles. The summed E-state index contributed by atoms with van der Waals surface area (Å²) >= 11 is 0. The zero-order valence-electron chi connectivity index (χ0n) is 8.40. The van der Waals surface area contributed by atoms with Gasteiger partial charge in [-0.05, 0) is 6.42 Å². The van der Waals surface area contributed by atoms with Gasteiger partial charge in [-0.3, -0.25) is 4.99 Å². The molecule has 5 heteroatoms. The number of unbranched alkanes of at least 4 members (excludes halogenated alkanes) is 1. The van der Waals surface area contributed by atoms with Gasteiger partial charge in [-0.15, -0.1) is 12.4 Å².